The second-order valence-corrected chi connectivity index (χ2v) is 6.33. The zero-order chi connectivity index (χ0) is 17.2. The molecule has 0 saturated heterocycles. The van der Waals surface area contributed by atoms with Crippen LogP contribution in [0.3, 0.4) is 0 Å². The van der Waals surface area contributed by atoms with E-state index in [9.17, 15) is 0 Å². The molecule has 4 rings (SSSR count). The number of hydrogen-bond donors (Lipinski definition) is 0. The fourth-order valence-corrected chi connectivity index (χ4v) is 3.27. The predicted octanol–water partition coefficient (Wildman–Crippen LogP) is 4.94. The number of nitrogens with zero attached hydrogens (tertiary/aromatic N) is 2. The fraction of sp³-hybridized carbons (Fsp3) is 0.0870. The third kappa shape index (κ3) is 2.87. The molecule has 0 amide bonds. The Hall–Kier alpha value is -3.13. The van der Waals surface area contributed by atoms with Crippen molar-refractivity contribution in [3.63, 3.8) is 0 Å². The molecule has 1 aromatic heterocycles. The number of hydrogen-bond acceptors (Lipinski definition) is 0. The highest BCUT2D eigenvalue weighted by molar-refractivity contribution is 5.66. The van der Waals surface area contributed by atoms with Gasteiger partial charge in [0.15, 0.2) is 0 Å². The lowest BCUT2D eigenvalue weighted by Crippen LogP contribution is -2.29. The van der Waals surface area contributed by atoms with Gasteiger partial charge < -0.3 is 0 Å². The fourth-order valence-electron chi connectivity index (χ4n) is 3.27. The molecule has 0 bridgehead atoms. The second-order valence-electron chi connectivity index (χ2n) is 6.33. The Morgan fingerprint density at radius 2 is 1.36 bits per heavy atom. The summed E-state index contributed by atoms with van der Waals surface area (Å²) in [5, 5.41) is 0. The summed E-state index contributed by atoms with van der Waals surface area (Å²) in [6, 6.07) is 27.7. The van der Waals surface area contributed by atoms with Crippen LogP contribution in [0.1, 0.15) is 5.56 Å². The topological polar surface area (TPSA) is 8.81 Å². The average Bonchev–Trinajstić information content (AvgIpc) is 3.04. The molecule has 0 aliphatic heterocycles. The molecule has 0 spiro atoms. The van der Waals surface area contributed by atoms with E-state index in [0.717, 1.165) is 0 Å². The number of imidazole rings is 1. The number of aromatic nitrogens is 2. The first-order valence-electron chi connectivity index (χ1n) is 8.53. The minimum absolute atomic E-state index is 1.17. The maximum absolute atomic E-state index is 2.25. The van der Waals surface area contributed by atoms with Gasteiger partial charge in [-0.25, -0.2) is 4.57 Å². The quantitative estimate of drug-likeness (QED) is 0.472. The molecule has 122 valence electrons. The van der Waals surface area contributed by atoms with Crippen molar-refractivity contribution in [3.8, 4) is 28.2 Å². The lowest BCUT2D eigenvalue weighted by molar-refractivity contribution is -0.659. The SMILES string of the molecule is Cc1ccccc1-c1n(-c2ccc(-c3ccccc3)cc2)cc[n+]1C. The Morgan fingerprint density at radius 3 is 2.08 bits per heavy atom. The van der Waals surface area contributed by atoms with Gasteiger partial charge in [0.1, 0.15) is 18.1 Å². The van der Waals surface area contributed by atoms with Crippen molar-refractivity contribution in [2.75, 3.05) is 0 Å². The molecule has 1 heterocycles. The van der Waals surface area contributed by atoms with Gasteiger partial charge in [0.05, 0.1) is 12.6 Å². The van der Waals surface area contributed by atoms with Crippen molar-refractivity contribution < 1.29 is 4.57 Å². The summed E-state index contributed by atoms with van der Waals surface area (Å²) >= 11 is 0. The molecule has 3 aromatic carbocycles. The van der Waals surface area contributed by atoms with Gasteiger partial charge in [-0.3, -0.25) is 0 Å². The molecule has 4 aromatic rings. The van der Waals surface area contributed by atoms with Crippen LogP contribution < -0.4 is 4.57 Å². The van der Waals surface area contributed by atoms with Gasteiger partial charge in [-0.1, -0.05) is 60.7 Å². The second kappa shape index (κ2) is 6.40. The number of rotatable bonds is 3. The van der Waals surface area contributed by atoms with Crippen LogP contribution in [-0.4, -0.2) is 4.57 Å². The molecule has 0 saturated carbocycles. The summed E-state index contributed by atoms with van der Waals surface area (Å²) in [5.41, 5.74) is 6.17. The van der Waals surface area contributed by atoms with E-state index in [0.29, 0.717) is 0 Å². The Balaban J connectivity index is 1.78. The van der Waals surface area contributed by atoms with Crippen LogP contribution >= 0.6 is 0 Å². The summed E-state index contributed by atoms with van der Waals surface area (Å²) in [6.45, 7) is 2.16. The van der Waals surface area contributed by atoms with E-state index in [1.54, 1.807) is 0 Å². The highest BCUT2D eigenvalue weighted by Gasteiger charge is 2.20. The van der Waals surface area contributed by atoms with Crippen LogP contribution in [-0.2, 0) is 7.05 Å². The number of benzene rings is 3. The van der Waals surface area contributed by atoms with E-state index in [-0.39, 0.29) is 0 Å². The Labute approximate surface area is 148 Å². The summed E-state index contributed by atoms with van der Waals surface area (Å²) < 4.78 is 4.42. The van der Waals surface area contributed by atoms with E-state index in [1.807, 2.05) is 6.07 Å². The lowest BCUT2D eigenvalue weighted by atomic mass is 10.1. The molecular formula is C23H21N2+. The molecule has 0 aliphatic carbocycles. The summed E-state index contributed by atoms with van der Waals surface area (Å²) in [6.07, 6.45) is 4.23. The van der Waals surface area contributed by atoms with Crippen molar-refractivity contribution in [1.29, 1.82) is 0 Å². The van der Waals surface area contributed by atoms with E-state index in [4.69, 9.17) is 0 Å². The molecule has 2 nitrogen and oxygen atoms in total. The van der Waals surface area contributed by atoms with Crippen LogP contribution in [0.25, 0.3) is 28.2 Å². The van der Waals surface area contributed by atoms with Crippen molar-refractivity contribution in [2.45, 2.75) is 6.92 Å². The first-order valence-corrected chi connectivity index (χ1v) is 8.53. The van der Waals surface area contributed by atoms with Crippen LogP contribution in [0.15, 0.2) is 91.3 Å². The van der Waals surface area contributed by atoms with Crippen LogP contribution in [0.2, 0.25) is 0 Å². The van der Waals surface area contributed by atoms with Crippen molar-refractivity contribution >= 4 is 0 Å². The maximum Gasteiger partial charge on any atom is 0.294 e. The molecule has 0 unspecified atom stereocenters. The Morgan fingerprint density at radius 1 is 0.720 bits per heavy atom. The van der Waals surface area contributed by atoms with Crippen LogP contribution in [0.5, 0.6) is 0 Å². The van der Waals surface area contributed by atoms with Crippen LogP contribution in [0, 0.1) is 6.92 Å². The van der Waals surface area contributed by atoms with E-state index in [1.165, 1.54) is 33.8 Å². The van der Waals surface area contributed by atoms with Gasteiger partial charge in [0.25, 0.3) is 5.82 Å². The average molecular weight is 325 g/mol. The molecule has 0 atom stereocenters. The highest BCUT2D eigenvalue weighted by atomic mass is 15.1. The van der Waals surface area contributed by atoms with Gasteiger partial charge in [-0.05, 0) is 41.8 Å². The Bertz CT molecular complexity index is 996. The molecular weight excluding hydrogens is 304 g/mol. The molecule has 0 fully saturated rings. The summed E-state index contributed by atoms with van der Waals surface area (Å²) in [4.78, 5) is 0. The standard InChI is InChI=1S/C23H21N2/c1-18-8-6-7-11-22(18)23-24(2)16-17-25(23)21-14-12-20(13-15-21)19-9-4-3-5-10-19/h3-17H,1-2H3/q+1. The van der Waals surface area contributed by atoms with E-state index in [2.05, 4.69) is 108 Å². The molecule has 0 radical (unpaired) electrons. The van der Waals surface area contributed by atoms with Crippen LogP contribution in [0.4, 0.5) is 0 Å². The molecule has 2 heteroatoms. The third-order valence-electron chi connectivity index (χ3n) is 4.64. The molecule has 0 aliphatic rings. The van der Waals surface area contributed by atoms with Gasteiger partial charge >= 0.3 is 0 Å². The summed E-state index contributed by atoms with van der Waals surface area (Å²) in [7, 11) is 2.09. The van der Waals surface area contributed by atoms with Gasteiger partial charge in [-0.15, -0.1) is 0 Å². The molecule has 25 heavy (non-hydrogen) atoms. The van der Waals surface area contributed by atoms with Crippen molar-refractivity contribution in [1.82, 2.24) is 4.57 Å². The third-order valence-corrected chi connectivity index (χ3v) is 4.64. The Kier molecular flexibility index (Phi) is 3.95. The van der Waals surface area contributed by atoms with E-state index >= 15 is 0 Å². The first kappa shape index (κ1) is 15.4. The minimum Gasteiger partial charge on any atom is -0.232 e. The minimum atomic E-state index is 1.17. The summed E-state index contributed by atoms with van der Waals surface area (Å²) in [5.74, 6) is 1.19. The van der Waals surface area contributed by atoms with Crippen molar-refractivity contribution in [2.24, 2.45) is 7.05 Å². The zero-order valence-electron chi connectivity index (χ0n) is 14.6. The van der Waals surface area contributed by atoms with Gasteiger partial charge in [0.2, 0.25) is 0 Å². The largest absolute Gasteiger partial charge is 0.294 e. The van der Waals surface area contributed by atoms with Gasteiger partial charge in [-0.2, -0.15) is 4.57 Å². The predicted molar refractivity (Wildman–Crippen MR) is 103 cm³/mol. The van der Waals surface area contributed by atoms with E-state index < -0.39 is 0 Å². The maximum atomic E-state index is 2.25. The first-order chi connectivity index (χ1) is 12.2. The van der Waals surface area contributed by atoms with Crippen molar-refractivity contribution in [3.05, 3.63) is 96.8 Å². The monoisotopic (exact) mass is 325 g/mol. The van der Waals surface area contributed by atoms with Gasteiger partial charge in [0, 0.05) is 0 Å². The normalized spacial score (nSPS) is 10.8. The zero-order valence-corrected chi connectivity index (χ0v) is 14.6. The highest BCUT2D eigenvalue weighted by Crippen LogP contribution is 2.25. The molecule has 0 N–H and O–H groups in total. The lowest BCUT2D eigenvalue weighted by Gasteiger charge is -2.07. The number of aryl methyl sites for hydroxylation is 2. The smallest absolute Gasteiger partial charge is 0.232 e.